The van der Waals surface area contributed by atoms with Crippen LogP contribution in [0.4, 0.5) is 0 Å². The number of nitrogens with two attached hydrogens (primary N) is 1. The number of Topliss-reactive ketones (excluding diaryl/α,β-unsaturated/α-hetero) is 1. The molecule has 2 N–H and O–H groups in total. The smallest absolute Gasteiger partial charge is 0.279 e. The fraction of sp³-hybridized carbons (Fsp3) is 0.636. The van der Waals surface area contributed by atoms with Crippen molar-refractivity contribution in [2.24, 2.45) is 5.41 Å². The zero-order valence-electron chi connectivity index (χ0n) is 9.95. The van der Waals surface area contributed by atoms with E-state index in [9.17, 15) is 4.79 Å². The van der Waals surface area contributed by atoms with Gasteiger partial charge in [0, 0.05) is 11.8 Å². The number of hydrogen-bond acceptors (Lipinski definition) is 2. The minimum absolute atomic E-state index is 0.216. The molecule has 0 saturated carbocycles. The van der Waals surface area contributed by atoms with Crippen LogP contribution >= 0.6 is 0 Å². The molecular formula is C11H20N3O+. The summed E-state index contributed by atoms with van der Waals surface area (Å²) < 4.78 is 3.48. The van der Waals surface area contributed by atoms with Gasteiger partial charge in [0.1, 0.15) is 12.7 Å². The molecule has 0 aliphatic carbocycles. The van der Waals surface area contributed by atoms with Crippen LogP contribution in [-0.2, 0) is 17.8 Å². The first-order valence-corrected chi connectivity index (χ1v) is 5.24. The fourth-order valence-corrected chi connectivity index (χ4v) is 1.39. The summed E-state index contributed by atoms with van der Waals surface area (Å²) in [5.74, 6) is 6.90. The maximum absolute atomic E-state index is 11.8. The van der Waals surface area contributed by atoms with Crippen LogP contribution in [0.3, 0.4) is 0 Å². The molecule has 0 saturated heterocycles. The average Bonchev–Trinajstić information content (AvgIpc) is 2.45. The van der Waals surface area contributed by atoms with E-state index in [4.69, 9.17) is 5.84 Å². The van der Waals surface area contributed by atoms with Crippen molar-refractivity contribution < 1.29 is 9.36 Å². The number of rotatable bonds is 3. The maximum Gasteiger partial charge on any atom is 0.279 e. The van der Waals surface area contributed by atoms with Crippen LogP contribution in [0.25, 0.3) is 0 Å². The van der Waals surface area contributed by atoms with Gasteiger partial charge < -0.3 is 0 Å². The SMILES string of the molecule is CCc1n(N)cc[n+]1CC(=O)C(C)(C)C. The highest BCUT2D eigenvalue weighted by Gasteiger charge is 2.25. The second-order valence-electron chi connectivity index (χ2n) is 4.78. The quantitative estimate of drug-likeness (QED) is 0.589. The Hall–Kier alpha value is -1.32. The summed E-state index contributed by atoms with van der Waals surface area (Å²) in [5, 5.41) is 0. The van der Waals surface area contributed by atoms with Crippen molar-refractivity contribution in [1.29, 1.82) is 0 Å². The van der Waals surface area contributed by atoms with Gasteiger partial charge in [0.2, 0.25) is 0 Å². The number of carbonyl (C=O) groups excluding carboxylic acids is 1. The van der Waals surface area contributed by atoms with E-state index >= 15 is 0 Å². The molecule has 0 radical (unpaired) electrons. The summed E-state index contributed by atoms with van der Waals surface area (Å²) in [6, 6.07) is 0. The van der Waals surface area contributed by atoms with Crippen LogP contribution in [0.2, 0.25) is 0 Å². The molecule has 0 atom stereocenters. The highest BCUT2D eigenvalue weighted by atomic mass is 16.1. The lowest BCUT2D eigenvalue weighted by molar-refractivity contribution is -0.691. The highest BCUT2D eigenvalue weighted by molar-refractivity contribution is 5.82. The van der Waals surface area contributed by atoms with E-state index in [1.165, 1.54) is 0 Å². The van der Waals surface area contributed by atoms with Gasteiger partial charge in [-0.2, -0.15) is 0 Å². The van der Waals surface area contributed by atoms with Gasteiger partial charge >= 0.3 is 0 Å². The van der Waals surface area contributed by atoms with Crippen molar-refractivity contribution in [3.05, 3.63) is 18.2 Å². The van der Waals surface area contributed by atoms with Crippen LogP contribution in [-0.4, -0.2) is 10.5 Å². The number of carbonyl (C=O) groups is 1. The van der Waals surface area contributed by atoms with Crippen molar-refractivity contribution in [3.63, 3.8) is 0 Å². The molecule has 4 nitrogen and oxygen atoms in total. The molecule has 0 spiro atoms. The van der Waals surface area contributed by atoms with E-state index in [0.717, 1.165) is 12.2 Å². The molecule has 0 fully saturated rings. The number of hydrogen-bond donors (Lipinski definition) is 1. The van der Waals surface area contributed by atoms with E-state index in [1.807, 2.05) is 38.5 Å². The fourth-order valence-electron chi connectivity index (χ4n) is 1.39. The second kappa shape index (κ2) is 4.04. The first-order chi connectivity index (χ1) is 6.86. The third kappa shape index (κ3) is 2.58. The van der Waals surface area contributed by atoms with Crippen molar-refractivity contribution in [3.8, 4) is 0 Å². The van der Waals surface area contributed by atoms with Gasteiger partial charge in [-0.1, -0.05) is 27.7 Å². The predicted molar refractivity (Wildman–Crippen MR) is 58.6 cm³/mol. The zero-order valence-corrected chi connectivity index (χ0v) is 9.95. The van der Waals surface area contributed by atoms with Gasteiger partial charge in [-0.15, -0.1) is 4.68 Å². The van der Waals surface area contributed by atoms with Gasteiger partial charge in [0.15, 0.2) is 12.0 Å². The maximum atomic E-state index is 11.8. The first kappa shape index (κ1) is 11.8. The standard InChI is InChI=1S/C11H20N3O/c1-5-10-13(6-7-14(10)12)8-9(15)11(2,3)4/h6-7H,5,8,12H2,1-4H3/q+1. The monoisotopic (exact) mass is 210 g/mol. The largest absolute Gasteiger partial charge is 0.295 e. The van der Waals surface area contributed by atoms with Gasteiger partial charge in [0.05, 0.1) is 0 Å². The highest BCUT2D eigenvalue weighted by Crippen LogP contribution is 2.14. The molecule has 0 bridgehead atoms. The van der Waals surface area contributed by atoms with Gasteiger partial charge in [0.25, 0.3) is 5.82 Å². The van der Waals surface area contributed by atoms with Crippen LogP contribution in [0, 0.1) is 5.41 Å². The molecule has 1 rings (SSSR count). The van der Waals surface area contributed by atoms with Crippen molar-refractivity contribution in [1.82, 2.24) is 4.68 Å². The summed E-state index contributed by atoms with van der Waals surface area (Å²) in [5.41, 5.74) is -0.297. The van der Waals surface area contributed by atoms with Crippen LogP contribution in [0.15, 0.2) is 12.4 Å². The molecule has 1 heterocycles. The molecule has 1 aromatic heterocycles. The van der Waals surface area contributed by atoms with Crippen molar-refractivity contribution in [2.75, 3.05) is 5.84 Å². The van der Waals surface area contributed by atoms with E-state index in [-0.39, 0.29) is 11.2 Å². The van der Waals surface area contributed by atoms with Crippen molar-refractivity contribution in [2.45, 2.75) is 40.7 Å². The average molecular weight is 210 g/mol. The van der Waals surface area contributed by atoms with Gasteiger partial charge in [-0.05, 0) is 0 Å². The van der Waals surface area contributed by atoms with Crippen LogP contribution < -0.4 is 10.4 Å². The zero-order chi connectivity index (χ0) is 11.6. The Labute approximate surface area is 90.7 Å². The molecule has 0 unspecified atom stereocenters. The number of nitrogen functional groups attached to an aromatic ring is 1. The summed E-state index contributed by atoms with van der Waals surface area (Å²) >= 11 is 0. The van der Waals surface area contributed by atoms with Gasteiger partial charge in [-0.3, -0.25) is 10.6 Å². The summed E-state index contributed by atoms with van der Waals surface area (Å²) in [7, 11) is 0. The van der Waals surface area contributed by atoms with Crippen LogP contribution in [0.5, 0.6) is 0 Å². The lowest BCUT2D eigenvalue weighted by Gasteiger charge is -2.15. The Morgan fingerprint density at radius 3 is 2.60 bits per heavy atom. The topological polar surface area (TPSA) is 51.9 Å². The molecule has 1 aromatic rings. The molecule has 0 amide bonds. The Morgan fingerprint density at radius 2 is 2.13 bits per heavy atom. The molecule has 0 aromatic carbocycles. The Bertz CT molecular complexity index is 360. The molecule has 15 heavy (non-hydrogen) atoms. The number of nitrogens with zero attached hydrogens (tertiary/aromatic N) is 2. The van der Waals surface area contributed by atoms with Gasteiger partial charge in [-0.25, -0.2) is 4.57 Å². The van der Waals surface area contributed by atoms with Crippen LogP contribution in [0.1, 0.15) is 33.5 Å². The molecular weight excluding hydrogens is 190 g/mol. The Balaban J connectivity index is 2.86. The number of aromatic nitrogens is 2. The molecule has 0 aliphatic rings. The third-order valence-electron chi connectivity index (χ3n) is 2.50. The minimum Gasteiger partial charge on any atom is -0.295 e. The van der Waals surface area contributed by atoms with E-state index in [2.05, 4.69) is 0 Å². The Morgan fingerprint density at radius 1 is 1.53 bits per heavy atom. The number of imidazole rings is 1. The summed E-state index contributed by atoms with van der Waals surface area (Å²) in [6.45, 7) is 8.22. The van der Waals surface area contributed by atoms with Crippen molar-refractivity contribution >= 4 is 5.78 Å². The van der Waals surface area contributed by atoms with E-state index in [1.54, 1.807) is 10.9 Å². The lowest BCUT2D eigenvalue weighted by Crippen LogP contribution is -2.44. The van der Waals surface area contributed by atoms with E-state index < -0.39 is 0 Å². The Kier molecular flexibility index (Phi) is 3.17. The minimum atomic E-state index is -0.297. The number of ketones is 1. The second-order valence-corrected chi connectivity index (χ2v) is 4.78. The third-order valence-corrected chi connectivity index (χ3v) is 2.50. The predicted octanol–water partition coefficient (Wildman–Crippen LogP) is 0.667. The molecule has 4 heteroatoms. The normalized spacial score (nSPS) is 11.7. The lowest BCUT2D eigenvalue weighted by atomic mass is 9.91. The van der Waals surface area contributed by atoms with E-state index in [0.29, 0.717) is 6.54 Å². The first-order valence-electron chi connectivity index (χ1n) is 5.24. The molecule has 0 aliphatic heterocycles. The molecule has 84 valence electrons. The summed E-state index contributed by atoms with van der Waals surface area (Å²) in [4.78, 5) is 11.8. The summed E-state index contributed by atoms with van der Waals surface area (Å²) in [6.07, 6.45) is 4.44.